The molecule has 1 aliphatic heterocycles. The number of aromatic nitrogens is 4. The molecular weight excluding hydrogens is 378 g/mol. The molecule has 1 fully saturated rings. The molecule has 10 nitrogen and oxygen atoms in total. The third kappa shape index (κ3) is 4.10. The van der Waals surface area contributed by atoms with Crippen molar-refractivity contribution >= 4 is 5.91 Å². The Balaban J connectivity index is 1.51. The van der Waals surface area contributed by atoms with Gasteiger partial charge in [-0.05, 0) is 31.4 Å². The molecule has 4 rings (SSSR count). The molecule has 2 N–H and O–H groups in total. The monoisotopic (exact) mass is 397 g/mol. The fourth-order valence-corrected chi connectivity index (χ4v) is 3.29. The number of ether oxygens (including phenoxy) is 1. The van der Waals surface area contributed by atoms with Crippen molar-refractivity contribution in [2.45, 2.75) is 25.3 Å². The largest absolute Gasteiger partial charge is 0.484 e. The van der Waals surface area contributed by atoms with Crippen LogP contribution in [0.5, 0.6) is 5.75 Å². The van der Waals surface area contributed by atoms with Gasteiger partial charge in [0.25, 0.3) is 11.5 Å². The second kappa shape index (κ2) is 8.13. The summed E-state index contributed by atoms with van der Waals surface area (Å²) in [5.41, 5.74) is -1.15. The first-order chi connectivity index (χ1) is 14.1. The zero-order valence-electron chi connectivity index (χ0n) is 15.5. The molecule has 0 bridgehead atoms. The van der Waals surface area contributed by atoms with Crippen LogP contribution < -0.4 is 16.0 Å². The maximum Gasteiger partial charge on any atom is 0.325 e. The SMILES string of the molecule is O=C(COc1ccccc1)N1CCCC[C@@H]1c1nc(-c2c[nH]c(=O)[nH]c2=O)no1. The smallest absolute Gasteiger partial charge is 0.325 e. The third-order valence-electron chi connectivity index (χ3n) is 4.72. The van der Waals surface area contributed by atoms with Crippen LogP contribution in [0.3, 0.4) is 0 Å². The first kappa shape index (κ1) is 18.7. The van der Waals surface area contributed by atoms with Gasteiger partial charge in [-0.2, -0.15) is 4.98 Å². The number of H-pyrrole nitrogens is 2. The van der Waals surface area contributed by atoms with Crippen LogP contribution in [-0.4, -0.2) is 44.1 Å². The molecule has 1 saturated heterocycles. The predicted molar refractivity (Wildman–Crippen MR) is 101 cm³/mol. The summed E-state index contributed by atoms with van der Waals surface area (Å²) in [6.45, 7) is 0.458. The number of hydrogen-bond donors (Lipinski definition) is 2. The molecule has 0 unspecified atom stereocenters. The molecule has 150 valence electrons. The zero-order valence-corrected chi connectivity index (χ0v) is 15.5. The van der Waals surface area contributed by atoms with Crippen molar-refractivity contribution in [3.05, 3.63) is 63.3 Å². The Labute approximate surface area is 164 Å². The quantitative estimate of drug-likeness (QED) is 0.661. The summed E-state index contributed by atoms with van der Waals surface area (Å²) in [7, 11) is 0. The van der Waals surface area contributed by atoms with Gasteiger partial charge >= 0.3 is 5.69 Å². The summed E-state index contributed by atoms with van der Waals surface area (Å²) < 4.78 is 10.9. The van der Waals surface area contributed by atoms with Crippen LogP contribution >= 0.6 is 0 Å². The Bertz CT molecular complexity index is 1100. The highest BCUT2D eigenvalue weighted by atomic mass is 16.5. The van der Waals surface area contributed by atoms with Crippen LogP contribution in [0.4, 0.5) is 0 Å². The number of likely N-dealkylation sites (tertiary alicyclic amines) is 1. The number of amides is 1. The van der Waals surface area contributed by atoms with E-state index in [0.717, 1.165) is 12.8 Å². The van der Waals surface area contributed by atoms with Crippen molar-refractivity contribution < 1.29 is 14.1 Å². The minimum absolute atomic E-state index is 0.0519. The number of nitrogens with one attached hydrogen (secondary N) is 2. The molecule has 0 saturated carbocycles. The topological polar surface area (TPSA) is 134 Å². The Morgan fingerprint density at radius 3 is 2.86 bits per heavy atom. The van der Waals surface area contributed by atoms with Gasteiger partial charge in [-0.1, -0.05) is 23.4 Å². The molecule has 0 aliphatic carbocycles. The average molecular weight is 397 g/mol. The van der Waals surface area contributed by atoms with E-state index in [0.29, 0.717) is 18.7 Å². The summed E-state index contributed by atoms with van der Waals surface area (Å²) in [5, 5.41) is 3.84. The number of aromatic amines is 2. The third-order valence-corrected chi connectivity index (χ3v) is 4.72. The molecule has 1 atom stereocenters. The maximum absolute atomic E-state index is 12.7. The van der Waals surface area contributed by atoms with E-state index < -0.39 is 17.3 Å². The lowest BCUT2D eigenvalue weighted by Crippen LogP contribution is -2.41. The van der Waals surface area contributed by atoms with E-state index in [1.165, 1.54) is 6.20 Å². The van der Waals surface area contributed by atoms with Gasteiger partial charge in [0.15, 0.2) is 6.61 Å². The first-order valence-corrected chi connectivity index (χ1v) is 9.25. The molecule has 29 heavy (non-hydrogen) atoms. The maximum atomic E-state index is 12.7. The van der Waals surface area contributed by atoms with Gasteiger partial charge in [-0.3, -0.25) is 14.6 Å². The predicted octanol–water partition coefficient (Wildman–Crippen LogP) is 1.25. The van der Waals surface area contributed by atoms with Crippen molar-refractivity contribution in [3.8, 4) is 17.1 Å². The van der Waals surface area contributed by atoms with Crippen molar-refractivity contribution in [1.29, 1.82) is 0 Å². The van der Waals surface area contributed by atoms with Crippen LogP contribution in [-0.2, 0) is 4.79 Å². The second-order valence-corrected chi connectivity index (χ2v) is 6.64. The van der Waals surface area contributed by atoms with Crippen molar-refractivity contribution in [2.24, 2.45) is 0 Å². The summed E-state index contributed by atoms with van der Waals surface area (Å²) in [6, 6.07) is 8.72. The lowest BCUT2D eigenvalue weighted by Gasteiger charge is -2.33. The molecule has 10 heteroatoms. The van der Waals surface area contributed by atoms with Crippen molar-refractivity contribution in [1.82, 2.24) is 25.0 Å². The normalized spacial score (nSPS) is 16.6. The lowest BCUT2D eigenvalue weighted by molar-refractivity contribution is -0.138. The van der Waals surface area contributed by atoms with Gasteiger partial charge in [0.2, 0.25) is 11.7 Å². The average Bonchev–Trinajstić information content (AvgIpc) is 3.22. The van der Waals surface area contributed by atoms with Crippen LogP contribution in [0.2, 0.25) is 0 Å². The number of hydrogen-bond acceptors (Lipinski definition) is 7. The van der Waals surface area contributed by atoms with Gasteiger partial charge in [0.05, 0.1) is 0 Å². The van der Waals surface area contributed by atoms with Crippen LogP contribution in [0.25, 0.3) is 11.4 Å². The van der Waals surface area contributed by atoms with Crippen LogP contribution in [0, 0.1) is 0 Å². The molecule has 3 heterocycles. The number of nitrogens with zero attached hydrogens (tertiary/aromatic N) is 3. The fourth-order valence-electron chi connectivity index (χ4n) is 3.29. The molecule has 1 amide bonds. The Morgan fingerprint density at radius 1 is 1.24 bits per heavy atom. The van der Waals surface area contributed by atoms with Gasteiger partial charge in [0, 0.05) is 12.7 Å². The molecule has 0 radical (unpaired) electrons. The van der Waals surface area contributed by atoms with Crippen molar-refractivity contribution in [2.75, 3.05) is 13.2 Å². The Morgan fingerprint density at radius 2 is 2.07 bits per heavy atom. The van der Waals surface area contributed by atoms with Gasteiger partial charge in [-0.25, -0.2) is 4.79 Å². The van der Waals surface area contributed by atoms with E-state index in [9.17, 15) is 14.4 Å². The van der Waals surface area contributed by atoms with E-state index in [4.69, 9.17) is 9.26 Å². The van der Waals surface area contributed by atoms with Crippen LogP contribution in [0.15, 0.2) is 50.6 Å². The Hall–Kier alpha value is -3.69. The lowest BCUT2D eigenvalue weighted by atomic mass is 10.0. The van der Waals surface area contributed by atoms with E-state index in [-0.39, 0.29) is 29.8 Å². The van der Waals surface area contributed by atoms with Gasteiger partial charge in [-0.15, -0.1) is 0 Å². The number of carbonyl (C=O) groups excluding carboxylic acids is 1. The molecule has 0 spiro atoms. The highest BCUT2D eigenvalue weighted by Gasteiger charge is 2.32. The van der Waals surface area contributed by atoms with Gasteiger partial charge < -0.3 is 19.1 Å². The highest BCUT2D eigenvalue weighted by Crippen LogP contribution is 2.30. The molecular formula is C19H19N5O5. The van der Waals surface area contributed by atoms with E-state index in [2.05, 4.69) is 20.1 Å². The number of piperidine rings is 1. The second-order valence-electron chi connectivity index (χ2n) is 6.64. The molecule has 1 aromatic carbocycles. The van der Waals surface area contributed by atoms with E-state index >= 15 is 0 Å². The molecule has 3 aromatic rings. The highest BCUT2D eigenvalue weighted by molar-refractivity contribution is 5.78. The van der Waals surface area contributed by atoms with Crippen LogP contribution in [0.1, 0.15) is 31.2 Å². The van der Waals surface area contributed by atoms with Gasteiger partial charge in [0.1, 0.15) is 17.4 Å². The summed E-state index contributed by atoms with van der Waals surface area (Å²) >= 11 is 0. The van der Waals surface area contributed by atoms with E-state index in [1.54, 1.807) is 17.0 Å². The van der Waals surface area contributed by atoms with E-state index in [1.807, 2.05) is 18.2 Å². The Kier molecular flexibility index (Phi) is 5.23. The molecule has 2 aromatic heterocycles. The minimum Gasteiger partial charge on any atom is -0.484 e. The summed E-state index contributed by atoms with van der Waals surface area (Å²) in [4.78, 5) is 46.3. The number of carbonyl (C=O) groups is 1. The molecule has 1 aliphatic rings. The fraction of sp³-hybridized carbons (Fsp3) is 0.316. The summed E-state index contributed by atoms with van der Waals surface area (Å²) in [5.74, 6) is 0.737. The number of rotatable bonds is 5. The van der Waals surface area contributed by atoms with Crippen molar-refractivity contribution in [3.63, 3.8) is 0 Å². The number of para-hydroxylation sites is 1. The first-order valence-electron chi connectivity index (χ1n) is 9.25. The number of benzene rings is 1. The standard InChI is InChI=1S/C19H19N5O5/c25-15(11-28-12-6-2-1-3-7-12)24-9-5-4-8-14(24)18-21-16(23-29-18)13-10-20-19(27)22-17(13)26/h1-3,6-7,10,14H,4-5,8-9,11H2,(H2,20,22,26,27)/t14-/m1/s1. The zero-order chi connectivity index (χ0) is 20.2. The minimum atomic E-state index is -0.620. The summed E-state index contributed by atoms with van der Waals surface area (Å²) in [6.07, 6.45) is 3.67.